The highest BCUT2D eigenvalue weighted by atomic mass is 127. The van der Waals surface area contributed by atoms with Crippen LogP contribution in [0, 0.1) is 0 Å². The van der Waals surface area contributed by atoms with Crippen LogP contribution in [0.2, 0.25) is 0 Å². The Morgan fingerprint density at radius 1 is 1.03 bits per heavy atom. The Hall–Kier alpha value is -2.24. The number of ether oxygens (including phenoxy) is 1. The Bertz CT molecular complexity index is 969. The number of hydrogen-bond acceptors (Lipinski definition) is 5. The summed E-state index contributed by atoms with van der Waals surface area (Å²) in [5.41, 5.74) is 3.39. The molecule has 1 saturated heterocycles. The van der Waals surface area contributed by atoms with Gasteiger partial charge in [0.15, 0.2) is 17.4 Å². The summed E-state index contributed by atoms with van der Waals surface area (Å²) in [4.78, 5) is 6.74. The maximum Gasteiger partial charge on any atom is 0.191 e. The Balaban J connectivity index is 0.00000256. The zero-order valence-electron chi connectivity index (χ0n) is 17.1. The number of hydrogen-bond donors (Lipinski definition) is 2. The third-order valence-corrected chi connectivity index (χ3v) is 4.98. The highest BCUT2D eigenvalue weighted by Gasteiger charge is 2.11. The molecule has 3 heterocycles. The monoisotopic (exact) mass is 521 g/mol. The smallest absolute Gasteiger partial charge is 0.191 e. The molecule has 9 heteroatoms. The minimum atomic E-state index is 0. The minimum absolute atomic E-state index is 0. The van der Waals surface area contributed by atoms with Crippen LogP contribution in [0.15, 0.2) is 53.7 Å². The quantitative estimate of drug-likeness (QED) is 0.294. The van der Waals surface area contributed by atoms with Gasteiger partial charge in [-0.1, -0.05) is 30.3 Å². The molecule has 8 nitrogen and oxygen atoms in total. The van der Waals surface area contributed by atoms with Crippen LogP contribution in [0.1, 0.15) is 17.0 Å². The molecule has 3 aromatic rings. The summed E-state index contributed by atoms with van der Waals surface area (Å²) in [5.74, 6) is 1.58. The lowest BCUT2D eigenvalue weighted by Gasteiger charge is -2.26. The van der Waals surface area contributed by atoms with Crippen molar-refractivity contribution in [3.05, 3.63) is 65.6 Å². The normalized spacial score (nSPS) is 15.0. The van der Waals surface area contributed by atoms with Crippen molar-refractivity contribution in [2.45, 2.75) is 19.6 Å². The Morgan fingerprint density at radius 2 is 1.83 bits per heavy atom. The Kier molecular flexibility index (Phi) is 8.40. The van der Waals surface area contributed by atoms with Crippen LogP contribution in [0.5, 0.6) is 0 Å². The van der Waals surface area contributed by atoms with Gasteiger partial charge in [0.2, 0.25) is 0 Å². The van der Waals surface area contributed by atoms with Crippen LogP contribution in [-0.2, 0) is 24.4 Å². The van der Waals surface area contributed by atoms with E-state index in [0.29, 0.717) is 13.1 Å². The van der Waals surface area contributed by atoms with Gasteiger partial charge in [-0.15, -0.1) is 34.2 Å². The SMILES string of the molecule is CN=C(NCc1cccc(CN2CCOCC2)c1)NCc1nnc2ccccn12.I. The van der Waals surface area contributed by atoms with Gasteiger partial charge in [-0.25, -0.2) is 0 Å². The van der Waals surface area contributed by atoms with Crippen molar-refractivity contribution in [2.75, 3.05) is 33.4 Å². The van der Waals surface area contributed by atoms with Gasteiger partial charge in [0.1, 0.15) is 0 Å². The molecule has 0 unspecified atom stereocenters. The van der Waals surface area contributed by atoms with Crippen molar-refractivity contribution in [3.8, 4) is 0 Å². The average molecular weight is 521 g/mol. The summed E-state index contributed by atoms with van der Waals surface area (Å²) in [5, 5.41) is 15.1. The molecule has 30 heavy (non-hydrogen) atoms. The first-order valence-electron chi connectivity index (χ1n) is 9.93. The number of rotatable bonds is 6. The van der Waals surface area contributed by atoms with E-state index in [2.05, 4.69) is 55.0 Å². The van der Waals surface area contributed by atoms with E-state index in [-0.39, 0.29) is 24.0 Å². The number of nitrogens with zero attached hydrogens (tertiary/aromatic N) is 5. The van der Waals surface area contributed by atoms with Gasteiger partial charge in [-0.05, 0) is 23.3 Å². The van der Waals surface area contributed by atoms with E-state index >= 15 is 0 Å². The molecule has 0 amide bonds. The molecule has 1 aliphatic rings. The number of pyridine rings is 1. The molecule has 0 aliphatic carbocycles. The zero-order valence-corrected chi connectivity index (χ0v) is 19.5. The molecule has 1 aliphatic heterocycles. The molecule has 0 atom stereocenters. The first-order valence-corrected chi connectivity index (χ1v) is 9.93. The third kappa shape index (κ3) is 5.89. The lowest BCUT2D eigenvalue weighted by atomic mass is 10.1. The van der Waals surface area contributed by atoms with E-state index in [0.717, 1.165) is 50.3 Å². The van der Waals surface area contributed by atoms with Crippen molar-refractivity contribution in [1.29, 1.82) is 0 Å². The fraction of sp³-hybridized carbons (Fsp3) is 0.381. The molecule has 0 spiro atoms. The predicted octanol–water partition coefficient (Wildman–Crippen LogP) is 2.04. The maximum absolute atomic E-state index is 5.43. The van der Waals surface area contributed by atoms with Gasteiger partial charge in [-0.3, -0.25) is 14.3 Å². The van der Waals surface area contributed by atoms with Gasteiger partial charge in [-0.2, -0.15) is 0 Å². The second-order valence-corrected chi connectivity index (χ2v) is 7.03. The largest absolute Gasteiger partial charge is 0.379 e. The third-order valence-electron chi connectivity index (χ3n) is 4.98. The van der Waals surface area contributed by atoms with E-state index in [9.17, 15) is 0 Å². The second-order valence-electron chi connectivity index (χ2n) is 7.03. The molecular formula is C21H28IN7O. The number of aliphatic imine (C=N–C) groups is 1. The number of halogens is 1. The first kappa shape index (κ1) is 22.4. The molecule has 4 rings (SSSR count). The van der Waals surface area contributed by atoms with Gasteiger partial charge < -0.3 is 15.4 Å². The molecule has 1 aromatic carbocycles. The van der Waals surface area contributed by atoms with Crippen LogP contribution < -0.4 is 10.6 Å². The summed E-state index contributed by atoms with van der Waals surface area (Å²) in [6.07, 6.45) is 1.96. The van der Waals surface area contributed by atoms with E-state index in [1.165, 1.54) is 11.1 Å². The van der Waals surface area contributed by atoms with Gasteiger partial charge in [0, 0.05) is 39.4 Å². The van der Waals surface area contributed by atoms with E-state index in [1.807, 2.05) is 28.8 Å². The number of fused-ring (bicyclic) bond motifs is 1. The summed E-state index contributed by atoms with van der Waals surface area (Å²) in [6.45, 7) is 5.85. The van der Waals surface area contributed by atoms with Crippen LogP contribution in [0.4, 0.5) is 0 Å². The number of benzene rings is 1. The fourth-order valence-electron chi connectivity index (χ4n) is 3.44. The molecule has 2 N–H and O–H groups in total. The van der Waals surface area contributed by atoms with Crippen molar-refractivity contribution in [1.82, 2.24) is 30.1 Å². The highest BCUT2D eigenvalue weighted by molar-refractivity contribution is 14.0. The second kappa shape index (κ2) is 11.2. The number of guanidine groups is 1. The molecule has 1 fully saturated rings. The predicted molar refractivity (Wildman–Crippen MR) is 128 cm³/mol. The van der Waals surface area contributed by atoms with Gasteiger partial charge in [0.05, 0.1) is 19.8 Å². The molecule has 2 aromatic heterocycles. The Morgan fingerprint density at radius 3 is 2.67 bits per heavy atom. The van der Waals surface area contributed by atoms with Crippen LogP contribution in [-0.4, -0.2) is 58.8 Å². The molecule has 160 valence electrons. The van der Waals surface area contributed by atoms with Crippen LogP contribution in [0.25, 0.3) is 5.65 Å². The standard InChI is InChI=1S/C21H27N7O.HI/c1-22-21(24-15-20-26-25-19-7-2-3-8-28(19)20)23-14-17-5-4-6-18(13-17)16-27-9-11-29-12-10-27;/h2-8,13H,9-12,14-16H2,1H3,(H2,22,23,24);1H. The highest BCUT2D eigenvalue weighted by Crippen LogP contribution is 2.10. The molecule has 0 radical (unpaired) electrons. The van der Waals surface area contributed by atoms with Crippen LogP contribution >= 0.6 is 24.0 Å². The number of morpholine rings is 1. The molecule has 0 saturated carbocycles. The van der Waals surface area contributed by atoms with Crippen molar-refractivity contribution >= 4 is 35.6 Å². The summed E-state index contributed by atoms with van der Waals surface area (Å²) in [6, 6.07) is 14.5. The van der Waals surface area contributed by atoms with Gasteiger partial charge in [0.25, 0.3) is 0 Å². The van der Waals surface area contributed by atoms with Crippen molar-refractivity contribution in [2.24, 2.45) is 4.99 Å². The molecule has 0 bridgehead atoms. The zero-order chi connectivity index (χ0) is 19.9. The number of aromatic nitrogens is 3. The minimum Gasteiger partial charge on any atom is -0.379 e. The summed E-state index contributed by atoms with van der Waals surface area (Å²) < 4.78 is 7.40. The van der Waals surface area contributed by atoms with Crippen molar-refractivity contribution < 1.29 is 4.74 Å². The first-order chi connectivity index (χ1) is 14.3. The summed E-state index contributed by atoms with van der Waals surface area (Å²) >= 11 is 0. The van der Waals surface area contributed by atoms with Crippen LogP contribution in [0.3, 0.4) is 0 Å². The Labute approximate surface area is 193 Å². The molecular weight excluding hydrogens is 493 g/mol. The van der Waals surface area contributed by atoms with Gasteiger partial charge >= 0.3 is 0 Å². The average Bonchev–Trinajstić information content (AvgIpc) is 3.18. The van der Waals surface area contributed by atoms with Crippen molar-refractivity contribution in [3.63, 3.8) is 0 Å². The van der Waals surface area contributed by atoms with E-state index in [1.54, 1.807) is 7.05 Å². The maximum atomic E-state index is 5.43. The van der Waals surface area contributed by atoms with E-state index in [4.69, 9.17) is 4.74 Å². The number of nitrogens with one attached hydrogen (secondary N) is 2. The fourth-order valence-corrected chi connectivity index (χ4v) is 3.44. The lowest BCUT2D eigenvalue weighted by molar-refractivity contribution is 0.0342. The topological polar surface area (TPSA) is 79.1 Å². The lowest BCUT2D eigenvalue weighted by Crippen LogP contribution is -2.37. The van der Waals surface area contributed by atoms with E-state index < -0.39 is 0 Å². The summed E-state index contributed by atoms with van der Waals surface area (Å²) in [7, 11) is 1.77.